The van der Waals surface area contributed by atoms with E-state index in [-0.39, 0.29) is 18.7 Å². The minimum absolute atomic E-state index is 0.0590. The molecule has 0 aromatic heterocycles. The minimum atomic E-state index is -0.0662. The summed E-state index contributed by atoms with van der Waals surface area (Å²) in [5.41, 5.74) is 4.13. The van der Waals surface area contributed by atoms with Gasteiger partial charge in [-0.1, -0.05) is 29.8 Å². The molecule has 1 unspecified atom stereocenters. The van der Waals surface area contributed by atoms with Gasteiger partial charge in [-0.25, -0.2) is 5.01 Å². The highest BCUT2D eigenvalue weighted by atomic mass is 16.7. The van der Waals surface area contributed by atoms with Gasteiger partial charge in [0.2, 0.25) is 12.7 Å². The average Bonchev–Trinajstić information content (AvgIpc) is 3.21. The first kappa shape index (κ1) is 14.8. The summed E-state index contributed by atoms with van der Waals surface area (Å²) in [6.45, 7) is 3.85. The summed E-state index contributed by atoms with van der Waals surface area (Å²) in [7, 11) is 0. The Morgan fingerprint density at radius 1 is 1.12 bits per heavy atom. The van der Waals surface area contributed by atoms with Crippen molar-refractivity contribution >= 4 is 11.6 Å². The van der Waals surface area contributed by atoms with Crippen LogP contribution in [0.2, 0.25) is 0 Å². The maximum Gasteiger partial charge on any atom is 0.240 e. The highest BCUT2D eigenvalue weighted by Gasteiger charge is 2.31. The van der Waals surface area contributed by atoms with Crippen molar-refractivity contribution in [1.82, 2.24) is 5.01 Å². The lowest BCUT2D eigenvalue weighted by Crippen LogP contribution is -2.24. The third-order valence-electron chi connectivity index (χ3n) is 4.40. The maximum absolute atomic E-state index is 12.0. The molecule has 0 spiro atoms. The van der Waals surface area contributed by atoms with Crippen molar-refractivity contribution in [1.29, 1.82) is 0 Å². The number of benzene rings is 2. The monoisotopic (exact) mass is 322 g/mol. The molecule has 2 aliphatic rings. The summed E-state index contributed by atoms with van der Waals surface area (Å²) in [5, 5.41) is 6.14. The Morgan fingerprint density at radius 3 is 2.62 bits per heavy atom. The second-order valence-electron chi connectivity index (χ2n) is 6.11. The molecular weight excluding hydrogens is 304 g/mol. The van der Waals surface area contributed by atoms with Crippen LogP contribution in [0.25, 0.3) is 0 Å². The van der Waals surface area contributed by atoms with Gasteiger partial charge in [-0.2, -0.15) is 5.10 Å². The summed E-state index contributed by atoms with van der Waals surface area (Å²) < 4.78 is 10.8. The largest absolute Gasteiger partial charge is 0.454 e. The number of fused-ring (bicyclic) bond motifs is 1. The molecule has 2 aromatic rings. The topological polar surface area (TPSA) is 51.1 Å². The Balaban J connectivity index is 1.66. The lowest BCUT2D eigenvalue weighted by atomic mass is 9.97. The van der Waals surface area contributed by atoms with Gasteiger partial charge in [-0.3, -0.25) is 4.79 Å². The van der Waals surface area contributed by atoms with E-state index in [4.69, 9.17) is 9.47 Å². The van der Waals surface area contributed by atoms with Gasteiger partial charge in [0, 0.05) is 18.9 Å². The van der Waals surface area contributed by atoms with Crippen molar-refractivity contribution in [2.45, 2.75) is 26.3 Å². The van der Waals surface area contributed by atoms with Gasteiger partial charge in [-0.05, 0) is 30.7 Å². The van der Waals surface area contributed by atoms with Crippen molar-refractivity contribution in [3.05, 3.63) is 59.2 Å². The number of hydrogen-bond donors (Lipinski definition) is 0. The fourth-order valence-corrected chi connectivity index (χ4v) is 3.10. The molecule has 1 amide bonds. The number of rotatable bonds is 2. The normalized spacial score (nSPS) is 18.7. The van der Waals surface area contributed by atoms with Crippen LogP contribution in [0.15, 0.2) is 47.6 Å². The summed E-state index contributed by atoms with van der Waals surface area (Å²) in [6, 6.07) is 14.0. The lowest BCUT2D eigenvalue weighted by molar-refractivity contribution is -0.130. The van der Waals surface area contributed by atoms with Crippen molar-refractivity contribution in [2.75, 3.05) is 6.79 Å². The molecule has 5 nitrogen and oxygen atoms in total. The number of hydrazone groups is 1. The van der Waals surface area contributed by atoms with E-state index >= 15 is 0 Å². The zero-order valence-corrected chi connectivity index (χ0v) is 13.7. The Hall–Kier alpha value is -2.82. The first-order valence-electron chi connectivity index (χ1n) is 7.96. The quantitative estimate of drug-likeness (QED) is 0.851. The third-order valence-corrected chi connectivity index (χ3v) is 4.40. The molecule has 2 heterocycles. The van der Waals surface area contributed by atoms with E-state index in [0.29, 0.717) is 6.42 Å². The molecule has 122 valence electrons. The molecule has 24 heavy (non-hydrogen) atoms. The van der Waals surface area contributed by atoms with E-state index < -0.39 is 0 Å². The average molecular weight is 322 g/mol. The lowest BCUT2D eigenvalue weighted by Gasteiger charge is -2.20. The van der Waals surface area contributed by atoms with Crippen LogP contribution in [-0.2, 0) is 4.79 Å². The number of carbonyl (C=O) groups is 1. The highest BCUT2D eigenvalue weighted by molar-refractivity contribution is 6.03. The zero-order chi connectivity index (χ0) is 16.7. The summed E-state index contributed by atoms with van der Waals surface area (Å²) in [4.78, 5) is 12.0. The first-order valence-corrected chi connectivity index (χ1v) is 7.96. The third kappa shape index (κ3) is 2.52. The molecule has 0 radical (unpaired) electrons. The van der Waals surface area contributed by atoms with Crippen molar-refractivity contribution in [3.8, 4) is 11.5 Å². The van der Waals surface area contributed by atoms with Crippen LogP contribution in [0.1, 0.15) is 36.1 Å². The standard InChI is InChI=1S/C19H18N2O3/c1-12-3-5-14(6-4-12)17-10-16(20-21(17)13(2)22)15-7-8-18-19(9-15)24-11-23-18/h3-9,17H,10-11H2,1-2H3. The van der Waals surface area contributed by atoms with Crippen LogP contribution < -0.4 is 9.47 Å². The Bertz CT molecular complexity index is 827. The SMILES string of the molecule is CC(=O)N1N=C(c2ccc3c(c2)OCO3)CC1c1ccc(C)cc1. The molecule has 1 atom stereocenters. The van der Waals surface area contributed by atoms with E-state index in [2.05, 4.69) is 36.3 Å². The zero-order valence-electron chi connectivity index (χ0n) is 13.7. The molecule has 4 rings (SSSR count). The van der Waals surface area contributed by atoms with Crippen LogP contribution in [0.4, 0.5) is 0 Å². The second-order valence-corrected chi connectivity index (χ2v) is 6.11. The molecule has 0 N–H and O–H groups in total. The van der Waals surface area contributed by atoms with E-state index in [1.807, 2.05) is 18.2 Å². The van der Waals surface area contributed by atoms with Gasteiger partial charge >= 0.3 is 0 Å². The van der Waals surface area contributed by atoms with E-state index in [1.165, 1.54) is 5.56 Å². The molecule has 0 aliphatic carbocycles. The highest BCUT2D eigenvalue weighted by Crippen LogP contribution is 2.37. The number of amides is 1. The van der Waals surface area contributed by atoms with E-state index in [9.17, 15) is 4.79 Å². The Labute approximate surface area is 140 Å². The summed E-state index contributed by atoms with van der Waals surface area (Å²) in [6.07, 6.45) is 0.683. The smallest absolute Gasteiger partial charge is 0.240 e. The molecule has 2 aromatic carbocycles. The van der Waals surface area contributed by atoms with Crippen LogP contribution in [0.3, 0.4) is 0 Å². The van der Waals surface area contributed by atoms with Gasteiger partial charge in [-0.15, -0.1) is 0 Å². The van der Waals surface area contributed by atoms with E-state index in [0.717, 1.165) is 28.3 Å². The minimum Gasteiger partial charge on any atom is -0.454 e. The van der Waals surface area contributed by atoms with Gasteiger partial charge in [0.1, 0.15) is 0 Å². The molecule has 0 bridgehead atoms. The van der Waals surface area contributed by atoms with Gasteiger partial charge in [0.15, 0.2) is 11.5 Å². The Morgan fingerprint density at radius 2 is 1.88 bits per heavy atom. The number of nitrogens with zero attached hydrogens (tertiary/aromatic N) is 2. The molecular formula is C19H18N2O3. The summed E-state index contributed by atoms with van der Waals surface area (Å²) in [5.74, 6) is 1.41. The number of carbonyl (C=O) groups excluding carboxylic acids is 1. The van der Waals surface area contributed by atoms with Crippen molar-refractivity contribution < 1.29 is 14.3 Å². The van der Waals surface area contributed by atoms with Crippen LogP contribution in [0.5, 0.6) is 11.5 Å². The molecule has 0 fully saturated rings. The number of aryl methyl sites for hydroxylation is 1. The summed E-state index contributed by atoms with van der Waals surface area (Å²) >= 11 is 0. The van der Waals surface area contributed by atoms with E-state index in [1.54, 1.807) is 11.9 Å². The molecule has 0 saturated heterocycles. The van der Waals surface area contributed by atoms with Gasteiger partial charge in [0.25, 0.3) is 0 Å². The van der Waals surface area contributed by atoms with Crippen molar-refractivity contribution in [3.63, 3.8) is 0 Å². The van der Waals surface area contributed by atoms with Gasteiger partial charge in [0.05, 0.1) is 11.8 Å². The van der Waals surface area contributed by atoms with Crippen LogP contribution >= 0.6 is 0 Å². The first-order chi connectivity index (χ1) is 11.6. The fraction of sp³-hybridized carbons (Fsp3) is 0.263. The number of hydrogen-bond acceptors (Lipinski definition) is 4. The number of ether oxygens (including phenoxy) is 2. The molecule has 5 heteroatoms. The van der Waals surface area contributed by atoms with Crippen LogP contribution in [-0.4, -0.2) is 23.4 Å². The Kier molecular flexibility index (Phi) is 3.49. The fourth-order valence-electron chi connectivity index (χ4n) is 3.10. The molecule has 2 aliphatic heterocycles. The van der Waals surface area contributed by atoms with Crippen molar-refractivity contribution in [2.24, 2.45) is 5.10 Å². The predicted octanol–water partition coefficient (Wildman–Crippen LogP) is 3.42. The second kappa shape index (κ2) is 5.67. The predicted molar refractivity (Wildman–Crippen MR) is 90.2 cm³/mol. The van der Waals surface area contributed by atoms with Gasteiger partial charge < -0.3 is 9.47 Å². The maximum atomic E-state index is 12.0. The van der Waals surface area contributed by atoms with Crippen LogP contribution in [0, 0.1) is 6.92 Å². The molecule has 0 saturated carbocycles.